The first-order chi connectivity index (χ1) is 22.4. The van der Waals surface area contributed by atoms with Crippen LogP contribution in [0.4, 0.5) is 11.4 Å². The van der Waals surface area contributed by atoms with Gasteiger partial charge in [-0.2, -0.15) is 0 Å². The Kier molecular flexibility index (Phi) is 8.86. The fourth-order valence-electron chi connectivity index (χ4n) is 8.18. The Bertz CT molecular complexity index is 1640. The summed E-state index contributed by atoms with van der Waals surface area (Å²) >= 11 is 0. The summed E-state index contributed by atoms with van der Waals surface area (Å²) in [6.45, 7) is 10.6. The number of benzene rings is 3. The van der Waals surface area contributed by atoms with Crippen molar-refractivity contribution in [2.45, 2.75) is 56.3 Å². The van der Waals surface area contributed by atoms with E-state index in [2.05, 4.69) is 13.2 Å². The maximum absolute atomic E-state index is 15.0. The van der Waals surface area contributed by atoms with Crippen molar-refractivity contribution < 1.29 is 24.2 Å². The van der Waals surface area contributed by atoms with Crippen LogP contribution in [0.25, 0.3) is 10.8 Å². The first-order valence-corrected chi connectivity index (χ1v) is 16.4. The van der Waals surface area contributed by atoms with E-state index in [1.54, 1.807) is 26.9 Å². The minimum Gasteiger partial charge on any atom is -0.396 e. The second-order valence-electron chi connectivity index (χ2n) is 12.6. The number of amides is 3. The van der Waals surface area contributed by atoms with Gasteiger partial charge in [0.15, 0.2) is 0 Å². The molecule has 5 atom stereocenters. The maximum Gasteiger partial charge on any atom is 0.253 e. The fraction of sp³-hybridized carbons (Fsp3) is 0.395. The van der Waals surface area contributed by atoms with E-state index in [1.165, 1.54) is 0 Å². The van der Waals surface area contributed by atoms with Crippen LogP contribution in [0, 0.1) is 11.8 Å². The number of ether oxygens (including phenoxy) is 1. The zero-order valence-corrected chi connectivity index (χ0v) is 26.5. The smallest absolute Gasteiger partial charge is 0.253 e. The number of carbonyl (C=O) groups is 3. The molecule has 2 unspecified atom stereocenters. The van der Waals surface area contributed by atoms with Gasteiger partial charge in [0, 0.05) is 37.6 Å². The molecule has 240 valence electrons. The molecule has 3 aromatic rings. The van der Waals surface area contributed by atoms with E-state index in [-0.39, 0.29) is 44.0 Å². The molecule has 3 fully saturated rings. The van der Waals surface area contributed by atoms with E-state index in [4.69, 9.17) is 4.74 Å². The Morgan fingerprint density at radius 3 is 2.26 bits per heavy atom. The Balaban J connectivity index is 1.44. The molecule has 3 heterocycles. The number of anilines is 2. The number of rotatable bonds is 13. The molecule has 3 aromatic carbocycles. The SMILES string of the molecule is C=CCN(C(=O)C1N(CCCCO)C(=O)[C@@H]2[C@H](C(=O)N(CC=C)c3ccccc3)[C@]3(CC)CCC12O3)c1ccc2ccccc2c1. The van der Waals surface area contributed by atoms with Crippen molar-refractivity contribution in [3.05, 3.63) is 98.1 Å². The van der Waals surface area contributed by atoms with Crippen molar-refractivity contribution in [1.29, 1.82) is 0 Å². The van der Waals surface area contributed by atoms with Crippen LogP contribution in [-0.4, -0.2) is 71.2 Å². The van der Waals surface area contributed by atoms with Crippen LogP contribution < -0.4 is 9.80 Å². The second-order valence-corrected chi connectivity index (χ2v) is 12.6. The Labute approximate surface area is 270 Å². The van der Waals surface area contributed by atoms with E-state index in [1.807, 2.05) is 79.7 Å². The highest BCUT2D eigenvalue weighted by Crippen LogP contribution is 2.64. The molecule has 2 bridgehead atoms. The number of hydrogen-bond donors (Lipinski definition) is 1. The lowest BCUT2D eigenvalue weighted by Crippen LogP contribution is -2.56. The third-order valence-electron chi connectivity index (χ3n) is 10.3. The predicted octanol–water partition coefficient (Wildman–Crippen LogP) is 5.51. The van der Waals surface area contributed by atoms with Crippen LogP contribution in [0.1, 0.15) is 39.0 Å². The minimum atomic E-state index is -1.16. The molecule has 3 aliphatic heterocycles. The molecule has 46 heavy (non-hydrogen) atoms. The number of unbranched alkanes of at least 4 members (excludes halogenated alkanes) is 1. The highest BCUT2D eigenvalue weighted by Gasteiger charge is 2.79. The molecule has 0 aliphatic carbocycles. The maximum atomic E-state index is 15.0. The first kappa shape index (κ1) is 31.7. The van der Waals surface area contributed by atoms with Gasteiger partial charge < -0.3 is 24.5 Å². The zero-order valence-electron chi connectivity index (χ0n) is 26.5. The molecule has 0 radical (unpaired) electrons. The van der Waals surface area contributed by atoms with Gasteiger partial charge in [-0.05, 0) is 67.1 Å². The summed E-state index contributed by atoms with van der Waals surface area (Å²) in [6.07, 6.45) is 6.01. The number of hydrogen-bond acceptors (Lipinski definition) is 5. The van der Waals surface area contributed by atoms with Gasteiger partial charge in [-0.3, -0.25) is 14.4 Å². The molecule has 3 amide bonds. The van der Waals surface area contributed by atoms with Gasteiger partial charge in [-0.25, -0.2) is 0 Å². The molecule has 3 saturated heterocycles. The van der Waals surface area contributed by atoms with Crippen LogP contribution >= 0.6 is 0 Å². The molecular weight excluding hydrogens is 578 g/mol. The largest absolute Gasteiger partial charge is 0.396 e. The summed E-state index contributed by atoms with van der Waals surface area (Å²) in [5, 5.41) is 11.6. The molecule has 3 aliphatic rings. The van der Waals surface area contributed by atoms with Crippen LogP contribution in [0.15, 0.2) is 98.1 Å². The van der Waals surface area contributed by atoms with Gasteiger partial charge in [-0.15, -0.1) is 13.2 Å². The summed E-state index contributed by atoms with van der Waals surface area (Å²) in [5.74, 6) is -2.23. The topological polar surface area (TPSA) is 90.4 Å². The molecular formula is C38H43N3O5. The lowest BCUT2D eigenvalue weighted by molar-refractivity contribution is -0.146. The Morgan fingerprint density at radius 2 is 1.59 bits per heavy atom. The summed E-state index contributed by atoms with van der Waals surface area (Å²) in [5.41, 5.74) is -0.594. The van der Waals surface area contributed by atoms with Gasteiger partial charge in [0.1, 0.15) is 11.6 Å². The van der Waals surface area contributed by atoms with Crippen LogP contribution in [0.3, 0.4) is 0 Å². The fourth-order valence-corrected chi connectivity index (χ4v) is 8.18. The van der Waals surface area contributed by atoms with Gasteiger partial charge in [0.05, 0.1) is 17.4 Å². The van der Waals surface area contributed by atoms with Crippen molar-refractivity contribution in [1.82, 2.24) is 4.90 Å². The highest BCUT2D eigenvalue weighted by molar-refractivity contribution is 6.07. The van der Waals surface area contributed by atoms with Crippen LogP contribution in [0.2, 0.25) is 0 Å². The summed E-state index contributed by atoms with van der Waals surface area (Å²) in [4.78, 5) is 49.3. The lowest BCUT2D eigenvalue weighted by atomic mass is 9.64. The summed E-state index contributed by atoms with van der Waals surface area (Å²) in [7, 11) is 0. The molecule has 1 N–H and O–H groups in total. The van der Waals surface area contributed by atoms with E-state index in [0.29, 0.717) is 37.8 Å². The number of aliphatic hydroxyl groups is 1. The molecule has 0 saturated carbocycles. The average Bonchev–Trinajstić information content (AvgIpc) is 3.69. The van der Waals surface area contributed by atoms with E-state index >= 15 is 0 Å². The third-order valence-corrected chi connectivity index (χ3v) is 10.3. The number of likely N-dealkylation sites (tertiary alicyclic amines) is 1. The lowest BCUT2D eigenvalue weighted by Gasteiger charge is -2.37. The average molecular weight is 622 g/mol. The first-order valence-electron chi connectivity index (χ1n) is 16.4. The van der Waals surface area contributed by atoms with Crippen molar-refractivity contribution in [3.8, 4) is 0 Å². The monoisotopic (exact) mass is 621 g/mol. The van der Waals surface area contributed by atoms with Crippen molar-refractivity contribution >= 4 is 39.9 Å². The molecule has 6 rings (SSSR count). The zero-order chi connectivity index (χ0) is 32.5. The summed E-state index contributed by atoms with van der Waals surface area (Å²) in [6, 6.07) is 22.4. The third kappa shape index (κ3) is 5.04. The number of fused-ring (bicyclic) bond motifs is 2. The molecule has 8 nitrogen and oxygen atoms in total. The van der Waals surface area contributed by atoms with Gasteiger partial charge >= 0.3 is 0 Å². The van der Waals surface area contributed by atoms with Crippen molar-refractivity contribution in [2.24, 2.45) is 11.8 Å². The predicted molar refractivity (Wildman–Crippen MR) is 180 cm³/mol. The molecule has 1 spiro atoms. The van der Waals surface area contributed by atoms with E-state index < -0.39 is 29.1 Å². The van der Waals surface area contributed by atoms with Crippen molar-refractivity contribution in [3.63, 3.8) is 0 Å². The van der Waals surface area contributed by atoms with Crippen LogP contribution in [-0.2, 0) is 19.1 Å². The molecule has 0 aromatic heterocycles. The Hall–Kier alpha value is -4.27. The number of aliphatic hydroxyl groups excluding tert-OH is 1. The number of nitrogens with zero attached hydrogens (tertiary/aromatic N) is 3. The molecule has 8 heteroatoms. The summed E-state index contributed by atoms with van der Waals surface area (Å²) < 4.78 is 7.04. The van der Waals surface area contributed by atoms with E-state index in [0.717, 1.165) is 16.5 Å². The van der Waals surface area contributed by atoms with Gasteiger partial charge in [0.2, 0.25) is 11.8 Å². The van der Waals surface area contributed by atoms with Gasteiger partial charge in [0.25, 0.3) is 5.91 Å². The highest BCUT2D eigenvalue weighted by atomic mass is 16.5. The quantitative estimate of drug-likeness (QED) is 0.201. The number of carbonyl (C=O) groups excluding carboxylic acids is 3. The second kappa shape index (κ2) is 12.9. The van der Waals surface area contributed by atoms with E-state index in [9.17, 15) is 19.5 Å². The Morgan fingerprint density at radius 1 is 0.913 bits per heavy atom. The van der Waals surface area contributed by atoms with Crippen molar-refractivity contribution in [2.75, 3.05) is 36.0 Å². The number of para-hydroxylation sites is 1. The van der Waals surface area contributed by atoms with Crippen LogP contribution in [0.5, 0.6) is 0 Å². The normalized spacial score (nSPS) is 26.3. The standard InChI is InChI=1S/C38H43N3O5/c1-4-22-39(29-16-8-7-9-17-29)34(43)31-32-35(44)41(24-12-13-25-42)33(38(32)21-20-37(31,6-3)46-38)36(45)40(23-5-2)30-19-18-27-14-10-11-15-28(27)26-30/h4-5,7-11,14-19,26,31-33,42H,1-2,6,12-13,20-25H2,3H3/t31-,32+,33?,37+,38?/m1/s1. The van der Waals surface area contributed by atoms with Gasteiger partial charge in [-0.1, -0.05) is 67.6 Å². The minimum absolute atomic E-state index is 0.0148.